The maximum atomic E-state index is 4.12. The Morgan fingerprint density at radius 2 is 1.74 bits per heavy atom. The van der Waals surface area contributed by atoms with Gasteiger partial charge in [-0.1, -0.05) is 45.0 Å². The van der Waals surface area contributed by atoms with Crippen LogP contribution in [-0.2, 0) is 5.41 Å². The van der Waals surface area contributed by atoms with E-state index < -0.39 is 0 Å². The Hall–Kier alpha value is -1.83. The Morgan fingerprint density at radius 3 is 2.26 bits per heavy atom. The molecule has 1 aromatic heterocycles. The lowest BCUT2D eigenvalue weighted by Crippen LogP contribution is -2.12. The van der Waals surface area contributed by atoms with Crippen molar-refractivity contribution in [3.63, 3.8) is 0 Å². The first kappa shape index (κ1) is 13.6. The predicted octanol–water partition coefficient (Wildman–Crippen LogP) is 4.55. The Bertz CT molecular complexity index is 509. The maximum Gasteiger partial charge on any atom is 0.0531 e. The number of aromatic nitrogens is 1. The van der Waals surface area contributed by atoms with Crippen LogP contribution in [0, 0.1) is 0 Å². The van der Waals surface area contributed by atoms with E-state index in [2.05, 4.69) is 62.3 Å². The molecule has 2 aromatic rings. The van der Waals surface area contributed by atoms with Crippen LogP contribution in [0.5, 0.6) is 0 Å². The molecule has 0 bridgehead atoms. The van der Waals surface area contributed by atoms with Gasteiger partial charge in [0, 0.05) is 18.4 Å². The lowest BCUT2D eigenvalue weighted by molar-refractivity contribution is 0.589. The molecule has 1 atom stereocenters. The smallest absolute Gasteiger partial charge is 0.0531 e. The molecule has 0 spiro atoms. The summed E-state index contributed by atoms with van der Waals surface area (Å²) in [7, 11) is 0. The van der Waals surface area contributed by atoms with Crippen LogP contribution in [0.2, 0.25) is 0 Å². The van der Waals surface area contributed by atoms with Crippen LogP contribution < -0.4 is 5.32 Å². The molecule has 1 N–H and O–H groups in total. The van der Waals surface area contributed by atoms with Crippen LogP contribution in [0.4, 0.5) is 5.69 Å². The topological polar surface area (TPSA) is 24.9 Å². The van der Waals surface area contributed by atoms with Crippen LogP contribution in [0.15, 0.2) is 48.8 Å². The van der Waals surface area contributed by atoms with E-state index in [-0.39, 0.29) is 11.5 Å². The summed E-state index contributed by atoms with van der Waals surface area (Å²) >= 11 is 0. The van der Waals surface area contributed by atoms with E-state index in [0.717, 1.165) is 5.69 Å². The molecule has 0 aliphatic rings. The standard InChI is InChI=1S/C17H22N2/c1-13(19-16-6-5-11-18-12-16)14-7-9-15(10-8-14)17(2,3)4/h5-13,19H,1-4H3. The molecule has 0 saturated carbocycles. The zero-order chi connectivity index (χ0) is 13.9. The summed E-state index contributed by atoms with van der Waals surface area (Å²) in [6, 6.07) is 13.1. The summed E-state index contributed by atoms with van der Waals surface area (Å²) in [6.07, 6.45) is 3.63. The van der Waals surface area contributed by atoms with Gasteiger partial charge in [-0.3, -0.25) is 4.98 Å². The van der Waals surface area contributed by atoms with Gasteiger partial charge in [0.25, 0.3) is 0 Å². The second kappa shape index (κ2) is 5.43. The third kappa shape index (κ3) is 3.57. The minimum atomic E-state index is 0.207. The second-order valence-corrected chi connectivity index (χ2v) is 5.98. The van der Waals surface area contributed by atoms with Gasteiger partial charge in [0.15, 0.2) is 0 Å². The van der Waals surface area contributed by atoms with E-state index in [9.17, 15) is 0 Å². The number of nitrogens with one attached hydrogen (secondary N) is 1. The number of nitrogens with zero attached hydrogens (tertiary/aromatic N) is 1. The SMILES string of the molecule is CC(Nc1cccnc1)c1ccc(C(C)(C)C)cc1. The fraction of sp³-hybridized carbons (Fsp3) is 0.353. The highest BCUT2D eigenvalue weighted by atomic mass is 14.9. The zero-order valence-electron chi connectivity index (χ0n) is 12.1. The van der Waals surface area contributed by atoms with E-state index in [1.807, 2.05) is 18.3 Å². The van der Waals surface area contributed by atoms with E-state index in [4.69, 9.17) is 0 Å². The zero-order valence-corrected chi connectivity index (χ0v) is 12.1. The molecule has 0 fully saturated rings. The van der Waals surface area contributed by atoms with Gasteiger partial charge in [0.2, 0.25) is 0 Å². The molecule has 0 aliphatic carbocycles. The molecule has 0 amide bonds. The summed E-state index contributed by atoms with van der Waals surface area (Å²) in [5.74, 6) is 0. The van der Waals surface area contributed by atoms with Crippen molar-refractivity contribution in [3.8, 4) is 0 Å². The lowest BCUT2D eigenvalue weighted by Gasteiger charge is -2.21. The summed E-state index contributed by atoms with van der Waals surface area (Å²) in [6.45, 7) is 8.87. The monoisotopic (exact) mass is 254 g/mol. The van der Waals surface area contributed by atoms with E-state index in [1.54, 1.807) is 6.20 Å². The summed E-state index contributed by atoms with van der Waals surface area (Å²) < 4.78 is 0. The number of hydrogen-bond donors (Lipinski definition) is 1. The minimum Gasteiger partial charge on any atom is -0.377 e. The molecule has 2 heteroatoms. The molecule has 0 aliphatic heterocycles. The van der Waals surface area contributed by atoms with Crippen molar-refractivity contribution in [2.24, 2.45) is 0 Å². The average molecular weight is 254 g/mol. The third-order valence-electron chi connectivity index (χ3n) is 3.32. The van der Waals surface area contributed by atoms with E-state index in [0.29, 0.717) is 0 Å². The summed E-state index contributed by atoms with van der Waals surface area (Å²) in [4.78, 5) is 4.12. The quantitative estimate of drug-likeness (QED) is 0.869. The van der Waals surface area contributed by atoms with E-state index >= 15 is 0 Å². The highest BCUT2D eigenvalue weighted by Gasteiger charge is 2.13. The molecule has 0 saturated heterocycles. The molecule has 2 rings (SSSR count). The van der Waals surface area contributed by atoms with Gasteiger partial charge in [-0.2, -0.15) is 0 Å². The molecule has 2 nitrogen and oxygen atoms in total. The van der Waals surface area contributed by atoms with Crippen LogP contribution >= 0.6 is 0 Å². The summed E-state index contributed by atoms with van der Waals surface area (Å²) in [5.41, 5.74) is 3.91. The average Bonchev–Trinajstić information content (AvgIpc) is 2.39. The largest absolute Gasteiger partial charge is 0.377 e. The summed E-state index contributed by atoms with van der Waals surface area (Å²) in [5, 5.41) is 3.45. The highest BCUT2D eigenvalue weighted by Crippen LogP contribution is 2.25. The lowest BCUT2D eigenvalue weighted by atomic mass is 9.86. The Labute approximate surface area is 115 Å². The molecule has 1 aromatic carbocycles. The molecule has 19 heavy (non-hydrogen) atoms. The molecular formula is C17H22N2. The van der Waals surface area contributed by atoms with Gasteiger partial charge in [-0.25, -0.2) is 0 Å². The van der Waals surface area contributed by atoms with Crippen LogP contribution in [0.1, 0.15) is 44.9 Å². The van der Waals surface area contributed by atoms with Crippen molar-refractivity contribution in [1.29, 1.82) is 0 Å². The van der Waals surface area contributed by atoms with Crippen LogP contribution in [0.3, 0.4) is 0 Å². The van der Waals surface area contributed by atoms with Crippen molar-refractivity contribution >= 4 is 5.69 Å². The van der Waals surface area contributed by atoms with Crippen molar-refractivity contribution in [3.05, 3.63) is 59.9 Å². The van der Waals surface area contributed by atoms with Crippen LogP contribution in [-0.4, -0.2) is 4.98 Å². The number of anilines is 1. The first-order valence-corrected chi connectivity index (χ1v) is 6.74. The van der Waals surface area contributed by atoms with Crippen molar-refractivity contribution in [2.45, 2.75) is 39.2 Å². The first-order valence-electron chi connectivity index (χ1n) is 6.74. The molecule has 1 heterocycles. The number of benzene rings is 1. The van der Waals surface area contributed by atoms with Gasteiger partial charge >= 0.3 is 0 Å². The molecular weight excluding hydrogens is 232 g/mol. The van der Waals surface area contributed by atoms with Crippen LogP contribution in [0.25, 0.3) is 0 Å². The van der Waals surface area contributed by atoms with E-state index in [1.165, 1.54) is 11.1 Å². The number of hydrogen-bond acceptors (Lipinski definition) is 2. The van der Waals surface area contributed by atoms with Crippen molar-refractivity contribution in [2.75, 3.05) is 5.32 Å². The normalized spacial score (nSPS) is 13.1. The van der Waals surface area contributed by atoms with Crippen molar-refractivity contribution in [1.82, 2.24) is 4.98 Å². The molecule has 1 unspecified atom stereocenters. The third-order valence-corrected chi connectivity index (χ3v) is 3.32. The van der Waals surface area contributed by atoms with Gasteiger partial charge in [-0.05, 0) is 35.6 Å². The molecule has 0 radical (unpaired) electrons. The van der Waals surface area contributed by atoms with Gasteiger partial charge < -0.3 is 5.32 Å². The Balaban J connectivity index is 2.10. The minimum absolute atomic E-state index is 0.207. The second-order valence-electron chi connectivity index (χ2n) is 5.98. The number of pyridine rings is 1. The highest BCUT2D eigenvalue weighted by molar-refractivity contribution is 5.43. The van der Waals surface area contributed by atoms with Crippen molar-refractivity contribution < 1.29 is 0 Å². The predicted molar refractivity (Wildman–Crippen MR) is 81.4 cm³/mol. The first-order chi connectivity index (χ1) is 8.97. The fourth-order valence-electron chi connectivity index (χ4n) is 2.05. The maximum absolute atomic E-state index is 4.12. The Kier molecular flexibility index (Phi) is 3.89. The van der Waals surface area contributed by atoms with Gasteiger partial charge in [-0.15, -0.1) is 0 Å². The fourth-order valence-corrected chi connectivity index (χ4v) is 2.05. The Morgan fingerprint density at radius 1 is 1.05 bits per heavy atom. The van der Waals surface area contributed by atoms with Gasteiger partial charge in [0.1, 0.15) is 0 Å². The number of rotatable bonds is 3. The molecule has 100 valence electrons. The van der Waals surface area contributed by atoms with Gasteiger partial charge in [0.05, 0.1) is 5.69 Å².